The van der Waals surface area contributed by atoms with Crippen molar-refractivity contribution >= 4 is 11.9 Å². The molecule has 29 heavy (non-hydrogen) atoms. The van der Waals surface area contributed by atoms with E-state index in [0.29, 0.717) is 11.6 Å². The second-order valence-corrected chi connectivity index (χ2v) is 7.73. The highest BCUT2D eigenvalue weighted by molar-refractivity contribution is 5.94. The van der Waals surface area contributed by atoms with E-state index in [2.05, 4.69) is 15.3 Å². The van der Waals surface area contributed by atoms with Crippen LogP contribution in [0.1, 0.15) is 36.0 Å². The summed E-state index contributed by atoms with van der Waals surface area (Å²) in [6.45, 7) is 2.90. The van der Waals surface area contributed by atoms with E-state index in [4.69, 9.17) is 14.6 Å². The molecule has 162 valence electrons. The van der Waals surface area contributed by atoms with Crippen LogP contribution in [0.5, 0.6) is 0 Å². The van der Waals surface area contributed by atoms with Gasteiger partial charge in [-0.15, -0.1) is 0 Å². The topological polar surface area (TPSA) is 96.7 Å². The molecule has 4 rings (SSSR count). The molecule has 3 aliphatic rings. The van der Waals surface area contributed by atoms with Crippen molar-refractivity contribution in [2.24, 2.45) is 13.0 Å². The molecule has 0 unspecified atom stereocenters. The van der Waals surface area contributed by atoms with Gasteiger partial charge in [0.15, 0.2) is 0 Å². The Kier molecular flexibility index (Phi) is 6.47. The molecule has 3 atom stereocenters. The molecule has 1 saturated carbocycles. The van der Waals surface area contributed by atoms with Crippen molar-refractivity contribution in [3.63, 3.8) is 0 Å². The summed E-state index contributed by atoms with van der Waals surface area (Å²) in [5.41, 5.74) is 0.621. The molecule has 11 heteroatoms. The molecule has 1 aliphatic carbocycles. The third-order valence-corrected chi connectivity index (χ3v) is 5.35. The van der Waals surface area contributed by atoms with Crippen LogP contribution in [0.3, 0.4) is 0 Å². The first-order valence-electron chi connectivity index (χ1n) is 9.60. The minimum atomic E-state index is -5.08. The molecular formula is C18H25F3N4O4. The summed E-state index contributed by atoms with van der Waals surface area (Å²) >= 11 is 0. The molecule has 0 bridgehead atoms. The van der Waals surface area contributed by atoms with Crippen LogP contribution in [0.4, 0.5) is 13.2 Å². The van der Waals surface area contributed by atoms with Gasteiger partial charge >= 0.3 is 12.1 Å². The molecule has 1 amide bonds. The van der Waals surface area contributed by atoms with Gasteiger partial charge < -0.3 is 15.2 Å². The number of fused-ring (bicyclic) bond motifs is 1. The van der Waals surface area contributed by atoms with E-state index in [1.54, 1.807) is 17.1 Å². The average molecular weight is 418 g/mol. The van der Waals surface area contributed by atoms with Gasteiger partial charge in [-0.3, -0.25) is 14.4 Å². The van der Waals surface area contributed by atoms with Crippen LogP contribution < -0.4 is 5.32 Å². The number of carboxylic acid groups (broad SMARTS) is 1. The van der Waals surface area contributed by atoms with Gasteiger partial charge in [-0.1, -0.05) is 0 Å². The van der Waals surface area contributed by atoms with Crippen molar-refractivity contribution in [3.8, 4) is 0 Å². The van der Waals surface area contributed by atoms with E-state index < -0.39 is 12.1 Å². The number of aryl methyl sites for hydroxylation is 1. The number of carbonyl (C=O) groups is 2. The van der Waals surface area contributed by atoms with Crippen molar-refractivity contribution in [1.29, 1.82) is 0 Å². The van der Waals surface area contributed by atoms with Gasteiger partial charge in [0.2, 0.25) is 0 Å². The molecule has 8 nitrogen and oxygen atoms in total. The van der Waals surface area contributed by atoms with Crippen LogP contribution in [-0.2, 0) is 16.6 Å². The summed E-state index contributed by atoms with van der Waals surface area (Å²) in [5, 5.41) is 14.4. The molecule has 2 N–H and O–H groups in total. The normalized spacial score (nSPS) is 27.0. The number of hydrogen-bond acceptors (Lipinski definition) is 5. The first-order chi connectivity index (χ1) is 13.6. The first kappa shape index (κ1) is 21.6. The molecule has 2 aliphatic heterocycles. The molecule has 0 aromatic carbocycles. The van der Waals surface area contributed by atoms with Crippen molar-refractivity contribution in [2.45, 2.75) is 50.0 Å². The van der Waals surface area contributed by atoms with Gasteiger partial charge in [-0.25, -0.2) is 4.79 Å². The number of halogens is 3. The zero-order chi connectivity index (χ0) is 21.2. The molecule has 3 heterocycles. The highest BCUT2D eigenvalue weighted by Crippen LogP contribution is 2.35. The number of nitrogens with zero attached hydrogens (tertiary/aromatic N) is 3. The maximum Gasteiger partial charge on any atom is 0.490 e. The van der Waals surface area contributed by atoms with E-state index >= 15 is 0 Å². The number of ether oxygens (including phenoxy) is 1. The molecule has 2 saturated heterocycles. The molecule has 3 fully saturated rings. The van der Waals surface area contributed by atoms with Crippen LogP contribution in [0.15, 0.2) is 12.4 Å². The lowest BCUT2D eigenvalue weighted by molar-refractivity contribution is -0.192. The number of aromatic nitrogens is 2. The van der Waals surface area contributed by atoms with Crippen molar-refractivity contribution in [1.82, 2.24) is 20.0 Å². The second kappa shape index (κ2) is 8.70. The van der Waals surface area contributed by atoms with E-state index in [1.807, 2.05) is 7.05 Å². The fourth-order valence-corrected chi connectivity index (χ4v) is 3.81. The standard InChI is InChI=1S/C16H24N4O2.C2HF3O2/c1-19-9-12(7-17-19)16(21)18-13-10-20(8-11-4-5-11)14-3-2-6-22-15(13)14;3-2(4,5)1(6)7/h7,9,11,13-15H,2-6,8,10H2,1H3,(H,18,21);(H,6,7)/t13-,14+,15+;/m0./s1. The fourth-order valence-electron chi connectivity index (χ4n) is 3.81. The van der Waals surface area contributed by atoms with E-state index in [1.165, 1.54) is 25.8 Å². The number of hydrogen-bond donors (Lipinski definition) is 2. The summed E-state index contributed by atoms with van der Waals surface area (Å²) in [5.74, 6) is -1.93. The molecule has 0 spiro atoms. The monoisotopic (exact) mass is 418 g/mol. The molecule has 1 aromatic heterocycles. The lowest BCUT2D eigenvalue weighted by Gasteiger charge is -2.32. The van der Waals surface area contributed by atoms with Crippen LogP contribution in [-0.4, -0.2) is 75.7 Å². The second-order valence-electron chi connectivity index (χ2n) is 7.73. The van der Waals surface area contributed by atoms with Gasteiger partial charge in [0.25, 0.3) is 5.91 Å². The SMILES string of the molecule is Cn1cc(C(=O)N[C@H]2CN(CC3CC3)[C@@H]3CCCO[C@H]23)cn1.O=C(O)C(F)(F)F. The number of aliphatic carboxylic acids is 1. The van der Waals surface area contributed by atoms with Gasteiger partial charge in [0.1, 0.15) is 0 Å². The van der Waals surface area contributed by atoms with Crippen LogP contribution in [0.25, 0.3) is 0 Å². The quantitative estimate of drug-likeness (QED) is 0.768. The molecule has 0 radical (unpaired) electrons. The van der Waals surface area contributed by atoms with Gasteiger partial charge in [0.05, 0.1) is 23.9 Å². The summed E-state index contributed by atoms with van der Waals surface area (Å²) in [4.78, 5) is 23.8. The highest BCUT2D eigenvalue weighted by atomic mass is 19.4. The Hall–Kier alpha value is -2.14. The maximum absolute atomic E-state index is 12.4. The van der Waals surface area contributed by atoms with Crippen LogP contribution in [0, 0.1) is 5.92 Å². The molecular weight excluding hydrogens is 393 g/mol. The summed E-state index contributed by atoms with van der Waals surface area (Å²) in [6.07, 6.45) is 3.48. The van der Waals surface area contributed by atoms with Gasteiger partial charge in [-0.2, -0.15) is 18.3 Å². The zero-order valence-corrected chi connectivity index (χ0v) is 16.1. The summed E-state index contributed by atoms with van der Waals surface area (Å²) in [6, 6.07) is 0.574. The van der Waals surface area contributed by atoms with Crippen molar-refractivity contribution < 1.29 is 32.6 Å². The minimum Gasteiger partial charge on any atom is -0.475 e. The lowest BCUT2D eigenvalue weighted by atomic mass is 10.0. The van der Waals surface area contributed by atoms with E-state index in [-0.39, 0.29) is 18.1 Å². The van der Waals surface area contributed by atoms with Crippen LogP contribution in [0.2, 0.25) is 0 Å². The zero-order valence-electron chi connectivity index (χ0n) is 16.1. The number of amides is 1. The van der Waals surface area contributed by atoms with Gasteiger partial charge in [0, 0.05) is 39.0 Å². The first-order valence-corrected chi connectivity index (χ1v) is 9.60. The largest absolute Gasteiger partial charge is 0.490 e. The van der Waals surface area contributed by atoms with Crippen molar-refractivity contribution in [2.75, 3.05) is 19.7 Å². The predicted molar refractivity (Wildman–Crippen MR) is 95.2 cm³/mol. The van der Waals surface area contributed by atoms with E-state index in [0.717, 1.165) is 25.5 Å². The maximum atomic E-state index is 12.4. The van der Waals surface area contributed by atoms with Gasteiger partial charge in [-0.05, 0) is 31.6 Å². The number of likely N-dealkylation sites (tertiary alicyclic amines) is 1. The number of carbonyl (C=O) groups excluding carboxylic acids is 1. The Balaban J connectivity index is 0.000000298. The Morgan fingerprint density at radius 1 is 1.34 bits per heavy atom. The lowest BCUT2D eigenvalue weighted by Crippen LogP contribution is -2.47. The summed E-state index contributed by atoms with van der Waals surface area (Å²) in [7, 11) is 1.82. The Bertz CT molecular complexity index is 735. The Morgan fingerprint density at radius 3 is 2.59 bits per heavy atom. The summed E-state index contributed by atoms with van der Waals surface area (Å²) < 4.78 is 39.4. The predicted octanol–water partition coefficient (Wildman–Crippen LogP) is 1.42. The minimum absolute atomic E-state index is 0.0423. The number of rotatable bonds is 4. The highest BCUT2D eigenvalue weighted by Gasteiger charge is 2.45. The Morgan fingerprint density at radius 2 is 2.03 bits per heavy atom. The number of alkyl halides is 3. The fraction of sp³-hybridized carbons (Fsp3) is 0.722. The average Bonchev–Trinajstić information content (AvgIpc) is 3.26. The van der Waals surface area contributed by atoms with Crippen LogP contribution >= 0.6 is 0 Å². The van der Waals surface area contributed by atoms with E-state index in [9.17, 15) is 18.0 Å². The van der Waals surface area contributed by atoms with Crippen molar-refractivity contribution in [3.05, 3.63) is 18.0 Å². The third-order valence-electron chi connectivity index (χ3n) is 5.35. The molecule has 1 aromatic rings. The third kappa shape index (κ3) is 5.69. The smallest absolute Gasteiger partial charge is 0.475 e. The number of carboxylic acids is 1. The Labute approximate surface area is 166 Å². The number of nitrogens with one attached hydrogen (secondary N) is 1.